The lowest BCUT2D eigenvalue weighted by Gasteiger charge is -2.35. The number of ketones is 1. The number of allylic oxidation sites excluding steroid dienone is 2. The van der Waals surface area contributed by atoms with Crippen molar-refractivity contribution in [1.29, 1.82) is 5.26 Å². The van der Waals surface area contributed by atoms with Gasteiger partial charge in [0.05, 0.1) is 11.9 Å². The minimum absolute atomic E-state index is 0.0648. The number of hydrogen-bond donors (Lipinski definition) is 2. The second kappa shape index (κ2) is 10.2. The third-order valence-electron chi connectivity index (χ3n) is 6.39. The highest BCUT2D eigenvalue weighted by Gasteiger charge is 2.30. The van der Waals surface area contributed by atoms with E-state index in [4.69, 9.17) is 5.26 Å². The zero-order valence-electron chi connectivity index (χ0n) is 19.7. The number of carbonyl (C=O) groups is 1. The summed E-state index contributed by atoms with van der Waals surface area (Å²) in [5, 5.41) is 12.4. The molecule has 4 rings (SSSR count). The molecule has 2 aromatic rings. The van der Waals surface area contributed by atoms with Crippen molar-refractivity contribution in [2.24, 2.45) is 0 Å². The molecule has 2 aliphatic rings. The molecule has 2 atom stereocenters. The Balaban J connectivity index is 1.61. The molecule has 1 aromatic carbocycles. The smallest absolute Gasteiger partial charge is 0.218 e. The molecule has 0 radical (unpaired) electrons. The molecule has 1 aromatic heterocycles. The summed E-state index contributed by atoms with van der Waals surface area (Å²) in [7, 11) is -3.47. The maximum absolute atomic E-state index is 13.2. The van der Waals surface area contributed by atoms with Crippen LogP contribution in [-0.2, 0) is 22.2 Å². The highest BCUT2D eigenvalue weighted by atomic mass is 32.2. The number of carbonyl (C=O) groups excluding carboxylic acids is 1. The molecule has 1 fully saturated rings. The Kier molecular flexibility index (Phi) is 7.31. The van der Waals surface area contributed by atoms with Gasteiger partial charge >= 0.3 is 0 Å². The molecular weight excluding hydrogens is 450 g/mol. The summed E-state index contributed by atoms with van der Waals surface area (Å²) in [6, 6.07) is 7.78. The lowest BCUT2D eigenvalue weighted by molar-refractivity contribution is 0.0984. The second-order valence-electron chi connectivity index (χ2n) is 9.37. The number of hydrogen-bond acceptors (Lipinski definition) is 6. The summed E-state index contributed by atoms with van der Waals surface area (Å²) in [5.74, 6) is -0.109. The molecule has 1 saturated heterocycles. The fraction of sp³-hybridized carbons (Fsp3) is 0.480. The number of aromatic nitrogens is 2. The van der Waals surface area contributed by atoms with Gasteiger partial charge in [-0.15, -0.1) is 0 Å². The fourth-order valence-corrected chi connectivity index (χ4v) is 6.52. The van der Waals surface area contributed by atoms with E-state index in [-0.39, 0.29) is 41.6 Å². The van der Waals surface area contributed by atoms with Crippen molar-refractivity contribution in [1.82, 2.24) is 19.6 Å². The van der Waals surface area contributed by atoms with Gasteiger partial charge in [0.2, 0.25) is 15.8 Å². The summed E-state index contributed by atoms with van der Waals surface area (Å²) in [6.45, 7) is 4.92. The second-order valence-corrected chi connectivity index (χ2v) is 11.3. The van der Waals surface area contributed by atoms with Crippen molar-refractivity contribution in [3.05, 3.63) is 58.7 Å². The standard InChI is InChI=1S/C25H31N5O3S/c1-17-14-30(15-18(2)28-17)34(32,33)16-19-8-9-21(23(10-19)20-6-4-3-5-7-20)11-24(31)25-27-13-22(12-26)29-25/h6,8-10,13,17-18,28H,3-5,7,11,14-16H2,1-2H3,(H,27,29)/t17-,18+. The van der Waals surface area contributed by atoms with Crippen molar-refractivity contribution >= 4 is 21.4 Å². The normalized spacial score (nSPS) is 21.6. The molecule has 0 spiro atoms. The largest absolute Gasteiger partial charge is 0.327 e. The lowest BCUT2D eigenvalue weighted by atomic mass is 9.88. The van der Waals surface area contributed by atoms with Crippen LogP contribution in [0.4, 0.5) is 0 Å². The van der Waals surface area contributed by atoms with Crippen LogP contribution < -0.4 is 5.32 Å². The van der Waals surface area contributed by atoms with Crippen molar-refractivity contribution in [2.45, 2.75) is 63.8 Å². The number of benzene rings is 1. The Morgan fingerprint density at radius 2 is 2.00 bits per heavy atom. The minimum atomic E-state index is -3.47. The number of piperazine rings is 1. The maximum atomic E-state index is 13.2. The fourth-order valence-electron chi connectivity index (χ4n) is 4.83. The van der Waals surface area contributed by atoms with E-state index >= 15 is 0 Å². The van der Waals surface area contributed by atoms with Crippen LogP contribution in [0, 0.1) is 11.3 Å². The molecular formula is C25H31N5O3S. The third-order valence-corrected chi connectivity index (χ3v) is 8.17. The molecule has 0 amide bonds. The number of rotatable bonds is 7. The molecule has 0 bridgehead atoms. The van der Waals surface area contributed by atoms with Gasteiger partial charge in [-0.3, -0.25) is 4.79 Å². The number of nitrogens with one attached hydrogen (secondary N) is 2. The first kappa shape index (κ1) is 24.3. The zero-order valence-corrected chi connectivity index (χ0v) is 20.5. The zero-order chi connectivity index (χ0) is 24.3. The van der Waals surface area contributed by atoms with Crippen LogP contribution in [-0.4, -0.2) is 53.6 Å². The quantitative estimate of drug-likeness (QED) is 0.586. The third kappa shape index (κ3) is 5.63. The first-order valence-electron chi connectivity index (χ1n) is 11.8. The van der Waals surface area contributed by atoms with Crippen molar-refractivity contribution in [2.75, 3.05) is 13.1 Å². The summed E-state index contributed by atoms with van der Waals surface area (Å²) in [4.78, 5) is 19.6. The summed E-state index contributed by atoms with van der Waals surface area (Å²) < 4.78 is 28.0. The first-order chi connectivity index (χ1) is 16.2. The van der Waals surface area contributed by atoms with Crippen molar-refractivity contribution in [3.8, 4) is 6.07 Å². The van der Waals surface area contributed by atoms with E-state index in [9.17, 15) is 13.2 Å². The molecule has 0 saturated carbocycles. The van der Waals surface area contributed by atoms with Crippen LogP contribution in [0.3, 0.4) is 0 Å². The van der Waals surface area contributed by atoms with E-state index in [1.807, 2.05) is 38.1 Å². The van der Waals surface area contributed by atoms with E-state index in [0.29, 0.717) is 13.1 Å². The van der Waals surface area contributed by atoms with Gasteiger partial charge in [0.15, 0.2) is 5.82 Å². The minimum Gasteiger partial charge on any atom is -0.327 e. The Labute approximate surface area is 201 Å². The van der Waals surface area contributed by atoms with Gasteiger partial charge < -0.3 is 10.3 Å². The van der Waals surface area contributed by atoms with E-state index < -0.39 is 10.0 Å². The van der Waals surface area contributed by atoms with Crippen LogP contribution in [0.5, 0.6) is 0 Å². The van der Waals surface area contributed by atoms with Gasteiger partial charge in [0.25, 0.3) is 0 Å². The average molecular weight is 482 g/mol. The number of nitriles is 1. The summed E-state index contributed by atoms with van der Waals surface area (Å²) in [6.07, 6.45) is 7.77. The molecule has 0 unspecified atom stereocenters. The Bertz CT molecular complexity index is 1230. The SMILES string of the molecule is C[C@@H]1CN(S(=O)(=O)Cc2ccc(CC(=O)c3ncc(C#N)[nH]3)c(C3=CCCCC3)c2)C[C@H](C)N1. The predicted octanol–water partition coefficient (Wildman–Crippen LogP) is 3.18. The van der Waals surface area contributed by atoms with Gasteiger partial charge in [0.1, 0.15) is 11.8 Å². The van der Waals surface area contributed by atoms with Crippen LogP contribution >= 0.6 is 0 Å². The van der Waals surface area contributed by atoms with Crippen LogP contribution in [0.2, 0.25) is 0 Å². The van der Waals surface area contributed by atoms with Gasteiger partial charge in [-0.2, -0.15) is 9.57 Å². The highest BCUT2D eigenvalue weighted by molar-refractivity contribution is 7.88. The molecule has 1 aliphatic heterocycles. The average Bonchev–Trinajstić information content (AvgIpc) is 3.29. The molecule has 180 valence electrons. The molecule has 2 heterocycles. The van der Waals surface area contributed by atoms with Gasteiger partial charge in [-0.05, 0) is 61.8 Å². The topological polar surface area (TPSA) is 119 Å². The number of imidazole rings is 1. The van der Waals surface area contributed by atoms with Crippen molar-refractivity contribution < 1.29 is 13.2 Å². The molecule has 34 heavy (non-hydrogen) atoms. The van der Waals surface area contributed by atoms with Crippen LogP contribution in [0.1, 0.15) is 72.5 Å². The van der Waals surface area contributed by atoms with E-state index in [0.717, 1.165) is 47.9 Å². The van der Waals surface area contributed by atoms with Gasteiger partial charge in [0, 0.05) is 31.6 Å². The number of H-pyrrole nitrogens is 1. The monoisotopic (exact) mass is 481 g/mol. The number of sulfonamides is 1. The number of aromatic amines is 1. The van der Waals surface area contributed by atoms with Crippen LogP contribution in [0.15, 0.2) is 30.5 Å². The van der Waals surface area contributed by atoms with Crippen molar-refractivity contribution in [3.63, 3.8) is 0 Å². The lowest BCUT2D eigenvalue weighted by Crippen LogP contribution is -2.55. The van der Waals surface area contributed by atoms with E-state index in [1.165, 1.54) is 6.20 Å². The Morgan fingerprint density at radius 1 is 1.24 bits per heavy atom. The van der Waals surface area contributed by atoms with Crippen LogP contribution in [0.25, 0.3) is 5.57 Å². The Morgan fingerprint density at radius 3 is 2.65 bits per heavy atom. The van der Waals surface area contributed by atoms with Gasteiger partial charge in [-0.1, -0.05) is 24.3 Å². The summed E-state index contributed by atoms with van der Waals surface area (Å²) >= 11 is 0. The summed E-state index contributed by atoms with van der Waals surface area (Å²) in [5.41, 5.74) is 3.92. The predicted molar refractivity (Wildman–Crippen MR) is 130 cm³/mol. The number of Topliss-reactive ketones (excluding diaryl/α,β-unsaturated/α-hetero) is 1. The molecule has 1 aliphatic carbocycles. The highest BCUT2D eigenvalue weighted by Crippen LogP contribution is 2.31. The molecule has 8 nitrogen and oxygen atoms in total. The van der Waals surface area contributed by atoms with E-state index in [2.05, 4.69) is 21.4 Å². The molecule has 2 N–H and O–H groups in total. The Hall–Kier alpha value is -2.80. The maximum Gasteiger partial charge on any atom is 0.218 e. The molecule has 9 heteroatoms. The number of nitrogens with zero attached hydrogens (tertiary/aromatic N) is 3. The first-order valence-corrected chi connectivity index (χ1v) is 13.4. The van der Waals surface area contributed by atoms with Gasteiger partial charge in [-0.25, -0.2) is 13.4 Å². The van der Waals surface area contributed by atoms with E-state index in [1.54, 1.807) is 4.31 Å².